The molecule has 0 saturated carbocycles. The number of aromatic nitrogens is 5. The van der Waals surface area contributed by atoms with Crippen molar-refractivity contribution >= 4 is 35.3 Å². The topological polar surface area (TPSA) is 111 Å². The van der Waals surface area contributed by atoms with Gasteiger partial charge in [-0.3, -0.25) is 10.1 Å². The average Bonchev–Trinajstić information content (AvgIpc) is 3.17. The number of amides is 1. The van der Waals surface area contributed by atoms with E-state index >= 15 is 0 Å². The van der Waals surface area contributed by atoms with E-state index in [0.717, 1.165) is 11.0 Å². The summed E-state index contributed by atoms with van der Waals surface area (Å²) in [6, 6.07) is 7.63. The Bertz CT molecular complexity index is 1100. The molecule has 2 fully saturated rings. The summed E-state index contributed by atoms with van der Waals surface area (Å²) >= 11 is 0. The highest BCUT2D eigenvalue weighted by Crippen LogP contribution is 2.26. The fraction of sp³-hybridized carbons (Fsp3) is 0.476. The van der Waals surface area contributed by atoms with Crippen LogP contribution < -0.4 is 15.1 Å². The molecule has 1 N–H and O–H groups in total. The smallest absolute Gasteiger partial charge is 0.243 e. The van der Waals surface area contributed by atoms with Crippen LogP contribution in [0.3, 0.4) is 0 Å². The molecule has 0 unspecified atom stereocenters. The third-order valence-electron chi connectivity index (χ3n) is 5.55. The van der Waals surface area contributed by atoms with Gasteiger partial charge < -0.3 is 19.3 Å². The average molecular weight is 438 g/mol. The number of hydrogen-bond acceptors (Lipinski definition) is 9. The van der Waals surface area contributed by atoms with Crippen molar-refractivity contribution in [3.8, 4) is 5.95 Å². The number of ether oxygens (including phenoxy) is 2. The molecule has 168 valence electrons. The highest BCUT2D eigenvalue weighted by Gasteiger charge is 2.27. The standard InChI is InChI=1S/C21H26N8O3/c1-14-11-28(12-15(2)32-14)20-24-19(27-7-9-31-10-8-27)25-21(26-20)29-17-6-4-3-5-16(17)23-18(29)22-13-30/h3-6,13-15H,7-12H2,1-2H3,(H,22,23,30)/t14-,15+. The molecule has 2 saturated heterocycles. The lowest BCUT2D eigenvalue weighted by Crippen LogP contribution is -2.46. The summed E-state index contributed by atoms with van der Waals surface area (Å²) < 4.78 is 13.2. The van der Waals surface area contributed by atoms with Crippen molar-refractivity contribution in [3.05, 3.63) is 24.3 Å². The number of carbonyl (C=O) groups is 1. The van der Waals surface area contributed by atoms with Gasteiger partial charge in [-0.15, -0.1) is 0 Å². The normalized spacial score (nSPS) is 21.7. The largest absolute Gasteiger partial charge is 0.378 e. The third kappa shape index (κ3) is 3.96. The summed E-state index contributed by atoms with van der Waals surface area (Å²) in [7, 11) is 0. The van der Waals surface area contributed by atoms with E-state index in [9.17, 15) is 4.79 Å². The molecule has 0 aliphatic carbocycles. The quantitative estimate of drug-likeness (QED) is 0.588. The van der Waals surface area contributed by atoms with Gasteiger partial charge >= 0.3 is 0 Å². The fourth-order valence-electron chi connectivity index (χ4n) is 4.21. The van der Waals surface area contributed by atoms with E-state index in [1.165, 1.54) is 0 Å². The van der Waals surface area contributed by atoms with Crippen molar-refractivity contribution < 1.29 is 14.3 Å². The van der Waals surface area contributed by atoms with E-state index in [4.69, 9.17) is 24.4 Å². The summed E-state index contributed by atoms with van der Waals surface area (Å²) in [5.74, 6) is 1.92. The first-order valence-electron chi connectivity index (χ1n) is 10.8. The molecular weight excluding hydrogens is 412 g/mol. The Hall–Kier alpha value is -3.31. The van der Waals surface area contributed by atoms with Crippen LogP contribution in [-0.2, 0) is 14.3 Å². The number of hydrogen-bond donors (Lipinski definition) is 1. The Kier molecular flexibility index (Phi) is 5.58. The van der Waals surface area contributed by atoms with Gasteiger partial charge in [0.2, 0.25) is 30.2 Å². The maximum absolute atomic E-state index is 11.3. The molecule has 4 heterocycles. The Morgan fingerprint density at radius 1 is 0.938 bits per heavy atom. The number of benzene rings is 1. The van der Waals surface area contributed by atoms with Gasteiger partial charge in [0.25, 0.3) is 0 Å². The van der Waals surface area contributed by atoms with Crippen LogP contribution in [0, 0.1) is 0 Å². The van der Waals surface area contributed by atoms with Crippen LogP contribution in [0.1, 0.15) is 13.8 Å². The molecule has 3 aromatic rings. The molecular formula is C21H26N8O3. The van der Waals surface area contributed by atoms with Gasteiger partial charge in [0, 0.05) is 26.2 Å². The molecule has 0 spiro atoms. The first-order valence-corrected chi connectivity index (χ1v) is 10.8. The summed E-state index contributed by atoms with van der Waals surface area (Å²) in [5, 5.41) is 2.68. The lowest BCUT2D eigenvalue weighted by molar-refractivity contribution is -0.105. The number of rotatable bonds is 5. The van der Waals surface area contributed by atoms with Gasteiger partial charge in [-0.05, 0) is 26.0 Å². The Morgan fingerprint density at radius 3 is 2.31 bits per heavy atom. The highest BCUT2D eigenvalue weighted by molar-refractivity contribution is 5.83. The molecule has 5 rings (SSSR count). The van der Waals surface area contributed by atoms with E-state index in [1.54, 1.807) is 4.57 Å². The molecule has 2 aliphatic heterocycles. The van der Waals surface area contributed by atoms with Crippen LogP contribution in [0.4, 0.5) is 17.8 Å². The predicted molar refractivity (Wildman–Crippen MR) is 119 cm³/mol. The summed E-state index contributed by atoms with van der Waals surface area (Å²) in [4.78, 5) is 34.4. The van der Waals surface area contributed by atoms with Crippen LogP contribution in [-0.4, -0.2) is 82.5 Å². The molecule has 2 aromatic heterocycles. The number of carbonyl (C=O) groups excluding carboxylic acids is 1. The van der Waals surface area contributed by atoms with Gasteiger partial charge in [0.1, 0.15) is 0 Å². The van der Waals surface area contributed by atoms with E-state index in [2.05, 4.69) is 20.1 Å². The minimum absolute atomic E-state index is 0.0622. The van der Waals surface area contributed by atoms with Crippen LogP contribution in [0.15, 0.2) is 24.3 Å². The van der Waals surface area contributed by atoms with Crippen LogP contribution >= 0.6 is 0 Å². The van der Waals surface area contributed by atoms with Gasteiger partial charge in [0.05, 0.1) is 36.5 Å². The van der Waals surface area contributed by atoms with Crippen LogP contribution in [0.25, 0.3) is 17.0 Å². The zero-order valence-electron chi connectivity index (χ0n) is 18.1. The monoisotopic (exact) mass is 438 g/mol. The zero-order valence-corrected chi connectivity index (χ0v) is 18.1. The lowest BCUT2D eigenvalue weighted by atomic mass is 10.2. The molecule has 1 amide bonds. The highest BCUT2D eigenvalue weighted by atomic mass is 16.5. The van der Waals surface area contributed by atoms with Crippen molar-refractivity contribution in [2.24, 2.45) is 0 Å². The minimum Gasteiger partial charge on any atom is -0.378 e. The zero-order chi connectivity index (χ0) is 22.1. The van der Waals surface area contributed by atoms with E-state index in [1.807, 2.05) is 38.1 Å². The van der Waals surface area contributed by atoms with Crippen LogP contribution in [0.2, 0.25) is 0 Å². The number of morpholine rings is 2. The number of fused-ring (bicyclic) bond motifs is 1. The Balaban J connectivity index is 1.66. The molecule has 32 heavy (non-hydrogen) atoms. The second-order valence-electron chi connectivity index (χ2n) is 8.02. The van der Waals surface area contributed by atoms with Crippen molar-refractivity contribution in [3.63, 3.8) is 0 Å². The Labute approximate surface area is 185 Å². The third-order valence-corrected chi connectivity index (χ3v) is 5.55. The van der Waals surface area contributed by atoms with Gasteiger partial charge in [0.15, 0.2) is 0 Å². The number of nitrogens with one attached hydrogen (secondary N) is 1. The van der Waals surface area contributed by atoms with Crippen molar-refractivity contribution in [1.29, 1.82) is 0 Å². The summed E-state index contributed by atoms with van der Waals surface area (Å²) in [5.41, 5.74) is 1.53. The van der Waals surface area contributed by atoms with Gasteiger partial charge in [-0.2, -0.15) is 15.0 Å². The second-order valence-corrected chi connectivity index (χ2v) is 8.02. The first kappa shape index (κ1) is 20.6. The molecule has 11 heteroatoms. The SMILES string of the molecule is C[C@@H]1CN(c2nc(N3CCOCC3)nc(-n3c(NC=O)nc4ccccc43)n2)C[C@H](C)O1. The summed E-state index contributed by atoms with van der Waals surface area (Å²) in [6.45, 7) is 8.08. The van der Waals surface area contributed by atoms with E-state index in [0.29, 0.717) is 69.6 Å². The molecule has 2 aliphatic rings. The molecule has 2 atom stereocenters. The Morgan fingerprint density at radius 2 is 1.59 bits per heavy atom. The maximum Gasteiger partial charge on any atom is 0.243 e. The molecule has 0 bridgehead atoms. The second kappa shape index (κ2) is 8.67. The van der Waals surface area contributed by atoms with E-state index in [-0.39, 0.29) is 12.2 Å². The van der Waals surface area contributed by atoms with E-state index < -0.39 is 0 Å². The predicted octanol–water partition coefficient (Wildman–Crippen LogP) is 1.23. The number of para-hydroxylation sites is 2. The summed E-state index contributed by atoms with van der Waals surface area (Å²) in [6.07, 6.45) is 0.730. The lowest BCUT2D eigenvalue weighted by Gasteiger charge is -2.36. The number of nitrogens with zero attached hydrogens (tertiary/aromatic N) is 7. The van der Waals surface area contributed by atoms with Gasteiger partial charge in [-0.1, -0.05) is 12.1 Å². The number of anilines is 3. The van der Waals surface area contributed by atoms with Crippen molar-refractivity contribution in [1.82, 2.24) is 24.5 Å². The first-order chi connectivity index (χ1) is 15.6. The van der Waals surface area contributed by atoms with Crippen LogP contribution in [0.5, 0.6) is 0 Å². The minimum atomic E-state index is 0.0622. The van der Waals surface area contributed by atoms with Crippen molar-refractivity contribution in [2.45, 2.75) is 26.1 Å². The van der Waals surface area contributed by atoms with Crippen molar-refractivity contribution in [2.75, 3.05) is 54.5 Å². The number of imidazole rings is 1. The molecule has 1 aromatic carbocycles. The molecule has 11 nitrogen and oxygen atoms in total. The van der Waals surface area contributed by atoms with Gasteiger partial charge in [-0.25, -0.2) is 9.55 Å². The molecule has 0 radical (unpaired) electrons. The fourth-order valence-corrected chi connectivity index (χ4v) is 4.21. The maximum atomic E-state index is 11.3.